The molecule has 0 unspecified atom stereocenters. The maximum Gasteiger partial charge on any atom is 0.417 e. The average molecular weight is 831 g/mol. The third kappa shape index (κ3) is 7.47. The molecule has 7 aromatic carbocycles. The van der Waals surface area contributed by atoms with Crippen molar-refractivity contribution < 1.29 is 39.5 Å². The van der Waals surface area contributed by atoms with Crippen LogP contribution < -0.4 is 0 Å². The van der Waals surface area contributed by atoms with Crippen molar-refractivity contribution >= 4 is 21.8 Å². The number of fused-ring (bicyclic) bond motifs is 3. The zero-order chi connectivity index (χ0) is 42.7. The second-order valence-corrected chi connectivity index (χ2v) is 14.2. The smallest absolute Gasteiger partial charge is 0.309 e. The lowest BCUT2D eigenvalue weighted by Gasteiger charge is -2.18. The Morgan fingerprint density at radius 1 is 0.344 bits per heavy atom. The third-order valence-electron chi connectivity index (χ3n) is 10.4. The van der Waals surface area contributed by atoms with Gasteiger partial charge in [-0.25, -0.2) is 15.0 Å². The van der Waals surface area contributed by atoms with Crippen LogP contribution in [0.15, 0.2) is 164 Å². The average Bonchev–Trinajstić information content (AvgIpc) is 3.59. The largest absolute Gasteiger partial charge is 0.417 e. The summed E-state index contributed by atoms with van der Waals surface area (Å²) in [7, 11) is 0. The van der Waals surface area contributed by atoms with Gasteiger partial charge >= 0.3 is 18.5 Å². The molecular formula is C48H27F9N4. The number of aromatic nitrogens is 4. The van der Waals surface area contributed by atoms with E-state index in [1.165, 1.54) is 24.3 Å². The summed E-state index contributed by atoms with van der Waals surface area (Å²) in [5.74, 6) is 1.07. The molecule has 0 aliphatic heterocycles. The van der Waals surface area contributed by atoms with Crippen molar-refractivity contribution in [1.29, 1.82) is 0 Å². The molecule has 0 atom stereocenters. The van der Waals surface area contributed by atoms with Gasteiger partial charge in [-0.3, -0.25) is 0 Å². The molecule has 0 aliphatic carbocycles. The standard InChI is InChI=1S/C48H27F9N4/c49-46(50,51)33-19-15-28(16-20-33)36-22-17-32(45-59-43(29-9-3-1-4-10-29)58-44(60-45)30-11-5-2-6-12-30)26-42(36)61-40-14-8-7-13-37(40)38-25-31(18-24-41(38)61)35-23-21-34(47(52,53)54)27-39(35)48(55,56)57/h1-27H. The van der Waals surface area contributed by atoms with Crippen LogP contribution in [-0.4, -0.2) is 19.5 Å². The van der Waals surface area contributed by atoms with E-state index in [0.29, 0.717) is 61.9 Å². The van der Waals surface area contributed by atoms with Gasteiger partial charge in [0.1, 0.15) is 0 Å². The van der Waals surface area contributed by atoms with Gasteiger partial charge in [-0.05, 0) is 65.2 Å². The molecule has 2 aromatic heterocycles. The van der Waals surface area contributed by atoms with Crippen LogP contribution in [0.25, 0.3) is 83.9 Å². The third-order valence-corrected chi connectivity index (χ3v) is 10.4. The first kappa shape index (κ1) is 39.2. The van der Waals surface area contributed by atoms with Gasteiger partial charge in [-0.15, -0.1) is 0 Å². The van der Waals surface area contributed by atoms with Gasteiger partial charge < -0.3 is 4.57 Å². The van der Waals surface area contributed by atoms with Crippen molar-refractivity contribution in [3.63, 3.8) is 0 Å². The number of rotatable bonds is 6. The summed E-state index contributed by atoms with van der Waals surface area (Å²) in [5.41, 5.74) is 0.359. The molecule has 9 rings (SSSR count). The fraction of sp³-hybridized carbons (Fsp3) is 0.0625. The highest BCUT2D eigenvalue weighted by Gasteiger charge is 2.38. The SMILES string of the molecule is FC(F)(F)c1ccc(-c2ccc(-c3nc(-c4ccccc4)nc(-c4ccccc4)n3)cc2-n2c3ccccc3c3cc(-c4ccc(C(F)(F)F)cc4C(F)(F)F)ccc32)cc1. The summed E-state index contributed by atoms with van der Waals surface area (Å²) in [6.45, 7) is 0. The second-order valence-electron chi connectivity index (χ2n) is 14.2. The Morgan fingerprint density at radius 3 is 1.43 bits per heavy atom. The minimum atomic E-state index is -5.10. The van der Waals surface area contributed by atoms with E-state index in [0.717, 1.165) is 29.3 Å². The van der Waals surface area contributed by atoms with Crippen molar-refractivity contribution in [2.24, 2.45) is 0 Å². The Kier molecular flexibility index (Phi) is 9.49. The molecule has 2 heterocycles. The molecule has 61 heavy (non-hydrogen) atoms. The topological polar surface area (TPSA) is 43.6 Å². The van der Waals surface area contributed by atoms with E-state index in [4.69, 9.17) is 15.0 Å². The van der Waals surface area contributed by atoms with Crippen molar-refractivity contribution in [3.05, 3.63) is 180 Å². The van der Waals surface area contributed by atoms with E-state index in [1.54, 1.807) is 48.5 Å². The minimum Gasteiger partial charge on any atom is -0.309 e. The maximum absolute atomic E-state index is 14.4. The van der Waals surface area contributed by atoms with E-state index in [1.807, 2.05) is 65.2 Å². The van der Waals surface area contributed by atoms with Crippen molar-refractivity contribution in [3.8, 4) is 62.1 Å². The monoisotopic (exact) mass is 830 g/mol. The van der Waals surface area contributed by atoms with Gasteiger partial charge in [0.25, 0.3) is 0 Å². The van der Waals surface area contributed by atoms with E-state index in [-0.39, 0.29) is 17.5 Å². The van der Waals surface area contributed by atoms with E-state index in [9.17, 15) is 39.5 Å². The highest BCUT2D eigenvalue weighted by atomic mass is 19.4. The first-order valence-corrected chi connectivity index (χ1v) is 18.6. The molecule has 0 fully saturated rings. The molecule has 0 radical (unpaired) electrons. The summed E-state index contributed by atoms with van der Waals surface area (Å²) in [6.07, 6.45) is -14.7. The molecule has 9 aromatic rings. The molecule has 0 amide bonds. The number of benzene rings is 7. The van der Waals surface area contributed by atoms with E-state index < -0.39 is 40.8 Å². The molecule has 302 valence electrons. The van der Waals surface area contributed by atoms with Gasteiger partial charge in [0, 0.05) is 33.0 Å². The maximum atomic E-state index is 14.4. The predicted molar refractivity (Wildman–Crippen MR) is 216 cm³/mol. The first-order valence-electron chi connectivity index (χ1n) is 18.6. The molecule has 0 aliphatic rings. The lowest BCUT2D eigenvalue weighted by molar-refractivity contribution is -0.143. The van der Waals surface area contributed by atoms with Crippen molar-refractivity contribution in [1.82, 2.24) is 19.5 Å². The van der Waals surface area contributed by atoms with Crippen LogP contribution in [0.1, 0.15) is 16.7 Å². The lowest BCUT2D eigenvalue weighted by Crippen LogP contribution is -2.12. The van der Waals surface area contributed by atoms with Crippen LogP contribution in [0, 0.1) is 0 Å². The molecule has 0 N–H and O–H groups in total. The summed E-state index contributed by atoms with van der Waals surface area (Å²) >= 11 is 0. The molecule has 0 saturated heterocycles. The van der Waals surface area contributed by atoms with Crippen molar-refractivity contribution in [2.45, 2.75) is 18.5 Å². The van der Waals surface area contributed by atoms with Gasteiger partial charge in [0.15, 0.2) is 17.5 Å². The fourth-order valence-electron chi connectivity index (χ4n) is 7.48. The Hall–Kier alpha value is -7.28. The number of hydrogen-bond acceptors (Lipinski definition) is 3. The van der Waals surface area contributed by atoms with E-state index in [2.05, 4.69) is 0 Å². The molecule has 13 heteroatoms. The molecule has 0 bridgehead atoms. The number of para-hydroxylation sites is 1. The van der Waals surface area contributed by atoms with Crippen LogP contribution in [0.2, 0.25) is 0 Å². The second kappa shape index (κ2) is 14.8. The predicted octanol–water partition coefficient (Wildman–Crippen LogP) is 14.4. The Labute approximate surface area is 341 Å². The van der Waals surface area contributed by atoms with Crippen molar-refractivity contribution in [2.75, 3.05) is 0 Å². The number of nitrogens with zero attached hydrogens (tertiary/aromatic N) is 4. The molecular weight excluding hydrogens is 804 g/mol. The number of halogens is 9. The Balaban J connectivity index is 1.29. The summed E-state index contributed by atoms with van der Waals surface area (Å²) in [5, 5.41) is 1.07. The molecule has 0 spiro atoms. The zero-order valence-corrected chi connectivity index (χ0v) is 31.3. The van der Waals surface area contributed by atoms with E-state index >= 15 is 0 Å². The van der Waals surface area contributed by atoms with Crippen LogP contribution in [-0.2, 0) is 18.5 Å². The van der Waals surface area contributed by atoms with Crippen LogP contribution in [0.4, 0.5) is 39.5 Å². The highest BCUT2D eigenvalue weighted by Crippen LogP contribution is 2.44. The van der Waals surface area contributed by atoms with Crippen LogP contribution >= 0.6 is 0 Å². The summed E-state index contributed by atoms with van der Waals surface area (Å²) < 4.78 is 127. The summed E-state index contributed by atoms with van der Waals surface area (Å²) in [4.78, 5) is 14.5. The highest BCUT2D eigenvalue weighted by molar-refractivity contribution is 6.11. The number of alkyl halides is 9. The number of hydrogen-bond donors (Lipinski definition) is 0. The van der Waals surface area contributed by atoms with Crippen LogP contribution in [0.3, 0.4) is 0 Å². The lowest BCUT2D eigenvalue weighted by atomic mass is 9.95. The summed E-state index contributed by atoms with van der Waals surface area (Å²) in [6, 6.07) is 41.7. The molecule has 4 nitrogen and oxygen atoms in total. The molecule has 0 saturated carbocycles. The Bertz CT molecular complexity index is 3020. The Morgan fingerprint density at radius 2 is 0.836 bits per heavy atom. The van der Waals surface area contributed by atoms with Gasteiger partial charge in [0.05, 0.1) is 33.4 Å². The van der Waals surface area contributed by atoms with Crippen LogP contribution in [0.5, 0.6) is 0 Å². The minimum absolute atomic E-state index is 0.0280. The van der Waals surface area contributed by atoms with Gasteiger partial charge in [-0.1, -0.05) is 115 Å². The first-order chi connectivity index (χ1) is 29.1. The van der Waals surface area contributed by atoms with Gasteiger partial charge in [0.2, 0.25) is 0 Å². The normalized spacial score (nSPS) is 12.3. The zero-order valence-electron chi connectivity index (χ0n) is 31.3. The fourth-order valence-corrected chi connectivity index (χ4v) is 7.48. The quantitative estimate of drug-likeness (QED) is 0.157. The van der Waals surface area contributed by atoms with Gasteiger partial charge in [-0.2, -0.15) is 39.5 Å².